The Kier molecular flexibility index (Phi) is 6.57. The first-order chi connectivity index (χ1) is 9.28. The second-order valence-corrected chi connectivity index (χ2v) is 6.21. The minimum atomic E-state index is -0.184. The number of hydrogen-bond acceptors (Lipinski definition) is 4. The summed E-state index contributed by atoms with van der Waals surface area (Å²) < 4.78 is 0. The van der Waals surface area contributed by atoms with Gasteiger partial charge in [-0.05, 0) is 38.3 Å². The summed E-state index contributed by atoms with van der Waals surface area (Å²) in [7, 11) is 0. The van der Waals surface area contributed by atoms with Gasteiger partial charge in [0.2, 0.25) is 0 Å². The monoisotopic (exact) mass is 269 g/mol. The van der Waals surface area contributed by atoms with Crippen LogP contribution in [0.4, 0.5) is 0 Å². The van der Waals surface area contributed by atoms with E-state index in [2.05, 4.69) is 22.0 Å². The lowest BCUT2D eigenvalue weighted by atomic mass is 9.98. The van der Waals surface area contributed by atoms with Crippen molar-refractivity contribution >= 4 is 0 Å². The van der Waals surface area contributed by atoms with Crippen molar-refractivity contribution in [2.45, 2.75) is 38.7 Å². The summed E-state index contributed by atoms with van der Waals surface area (Å²) in [5, 5.41) is 13.6. The molecule has 2 saturated heterocycles. The van der Waals surface area contributed by atoms with Crippen LogP contribution >= 0.6 is 0 Å². The number of aliphatic hydroxyl groups excluding tert-OH is 1. The fourth-order valence-corrected chi connectivity index (χ4v) is 3.36. The summed E-state index contributed by atoms with van der Waals surface area (Å²) in [6.45, 7) is 10.6. The zero-order valence-corrected chi connectivity index (χ0v) is 12.5. The van der Waals surface area contributed by atoms with Crippen molar-refractivity contribution in [3.63, 3.8) is 0 Å². The van der Waals surface area contributed by atoms with E-state index in [-0.39, 0.29) is 6.10 Å². The van der Waals surface area contributed by atoms with Crippen molar-refractivity contribution in [1.29, 1.82) is 0 Å². The lowest BCUT2D eigenvalue weighted by Gasteiger charge is -2.31. The highest BCUT2D eigenvalue weighted by Crippen LogP contribution is 2.20. The van der Waals surface area contributed by atoms with Gasteiger partial charge in [0.25, 0.3) is 0 Å². The molecule has 0 saturated carbocycles. The zero-order chi connectivity index (χ0) is 13.5. The molecular formula is C15H31N3O. The van der Waals surface area contributed by atoms with Gasteiger partial charge in [0.05, 0.1) is 6.10 Å². The number of nitrogens with one attached hydrogen (secondary N) is 1. The van der Waals surface area contributed by atoms with E-state index in [1.807, 2.05) is 0 Å². The second kappa shape index (κ2) is 8.20. The fourth-order valence-electron chi connectivity index (χ4n) is 3.36. The van der Waals surface area contributed by atoms with Gasteiger partial charge >= 0.3 is 0 Å². The molecule has 2 unspecified atom stereocenters. The van der Waals surface area contributed by atoms with E-state index in [1.165, 1.54) is 38.8 Å². The largest absolute Gasteiger partial charge is 0.390 e. The maximum absolute atomic E-state index is 10.3. The Bertz CT molecular complexity index is 244. The predicted molar refractivity (Wildman–Crippen MR) is 79.4 cm³/mol. The van der Waals surface area contributed by atoms with Crippen LogP contribution < -0.4 is 5.32 Å². The third-order valence-corrected chi connectivity index (χ3v) is 4.67. The zero-order valence-electron chi connectivity index (χ0n) is 12.5. The average molecular weight is 269 g/mol. The van der Waals surface area contributed by atoms with Gasteiger partial charge in [-0.2, -0.15) is 0 Å². The van der Waals surface area contributed by atoms with Crippen LogP contribution in [0.25, 0.3) is 0 Å². The number of piperazine rings is 1. The van der Waals surface area contributed by atoms with Gasteiger partial charge in [0.15, 0.2) is 0 Å². The van der Waals surface area contributed by atoms with E-state index in [9.17, 15) is 5.11 Å². The van der Waals surface area contributed by atoms with Gasteiger partial charge in [-0.25, -0.2) is 0 Å². The van der Waals surface area contributed by atoms with Crippen LogP contribution in [0.1, 0.15) is 32.6 Å². The Morgan fingerprint density at radius 3 is 2.42 bits per heavy atom. The third-order valence-electron chi connectivity index (χ3n) is 4.67. The summed E-state index contributed by atoms with van der Waals surface area (Å²) in [6.07, 6.45) is 5.13. The molecule has 2 aliphatic rings. The van der Waals surface area contributed by atoms with Gasteiger partial charge in [-0.15, -0.1) is 0 Å². The normalized spacial score (nSPS) is 29.1. The summed E-state index contributed by atoms with van der Waals surface area (Å²) >= 11 is 0. The molecule has 112 valence electrons. The lowest BCUT2D eigenvalue weighted by molar-refractivity contribution is 0.0701. The molecule has 0 spiro atoms. The molecule has 2 fully saturated rings. The van der Waals surface area contributed by atoms with Crippen LogP contribution in [-0.2, 0) is 0 Å². The highest BCUT2D eigenvalue weighted by Gasteiger charge is 2.20. The summed E-state index contributed by atoms with van der Waals surface area (Å²) in [4.78, 5) is 4.86. The fraction of sp³-hybridized carbons (Fsp3) is 1.00. The van der Waals surface area contributed by atoms with E-state index in [4.69, 9.17) is 0 Å². The summed E-state index contributed by atoms with van der Waals surface area (Å²) in [5.41, 5.74) is 0. The Morgan fingerprint density at radius 1 is 1.05 bits per heavy atom. The van der Waals surface area contributed by atoms with Gasteiger partial charge in [-0.1, -0.05) is 13.3 Å². The molecule has 2 atom stereocenters. The van der Waals surface area contributed by atoms with Gasteiger partial charge in [0.1, 0.15) is 0 Å². The second-order valence-electron chi connectivity index (χ2n) is 6.21. The van der Waals surface area contributed by atoms with E-state index in [1.54, 1.807) is 0 Å². The Morgan fingerprint density at radius 2 is 1.74 bits per heavy atom. The molecule has 0 amide bonds. The Labute approximate surface area is 118 Å². The topological polar surface area (TPSA) is 38.7 Å². The molecule has 19 heavy (non-hydrogen) atoms. The van der Waals surface area contributed by atoms with Crippen molar-refractivity contribution in [2.75, 3.05) is 52.4 Å². The molecule has 0 radical (unpaired) electrons. The van der Waals surface area contributed by atoms with Gasteiger partial charge < -0.3 is 15.3 Å². The molecule has 4 heteroatoms. The molecular weight excluding hydrogens is 238 g/mol. The van der Waals surface area contributed by atoms with E-state index in [0.29, 0.717) is 0 Å². The third kappa shape index (κ3) is 5.38. The lowest BCUT2D eigenvalue weighted by Crippen LogP contribution is -2.48. The van der Waals surface area contributed by atoms with E-state index < -0.39 is 0 Å². The first-order valence-corrected chi connectivity index (χ1v) is 8.11. The average Bonchev–Trinajstić information content (AvgIpc) is 2.65. The molecule has 0 aromatic heterocycles. The maximum Gasteiger partial charge on any atom is 0.0793 e. The minimum Gasteiger partial charge on any atom is -0.390 e. The predicted octanol–water partition coefficient (Wildman–Crippen LogP) is 0.765. The summed E-state index contributed by atoms with van der Waals surface area (Å²) in [5.74, 6) is 0.912. The van der Waals surface area contributed by atoms with Crippen molar-refractivity contribution < 1.29 is 5.11 Å². The van der Waals surface area contributed by atoms with Crippen LogP contribution in [0.15, 0.2) is 0 Å². The highest BCUT2D eigenvalue weighted by molar-refractivity contribution is 4.75. The molecule has 2 heterocycles. The first kappa shape index (κ1) is 15.2. The van der Waals surface area contributed by atoms with Crippen LogP contribution in [0, 0.1) is 5.92 Å². The van der Waals surface area contributed by atoms with Gasteiger partial charge in [-0.3, -0.25) is 4.90 Å². The van der Waals surface area contributed by atoms with Crippen LogP contribution in [0.3, 0.4) is 0 Å². The van der Waals surface area contributed by atoms with E-state index >= 15 is 0 Å². The standard InChI is InChI=1S/C15H31N3O/c1-2-14-4-3-8-17(9-5-14)12-15(19)13-18-10-6-16-7-11-18/h14-16,19H,2-13H2,1H3. The smallest absolute Gasteiger partial charge is 0.0793 e. The number of rotatable bonds is 5. The molecule has 4 nitrogen and oxygen atoms in total. The number of nitrogens with zero attached hydrogens (tertiary/aromatic N) is 2. The maximum atomic E-state index is 10.3. The quantitative estimate of drug-likeness (QED) is 0.773. The number of likely N-dealkylation sites (tertiary alicyclic amines) is 1. The van der Waals surface area contributed by atoms with Crippen molar-refractivity contribution in [2.24, 2.45) is 5.92 Å². The molecule has 0 aromatic rings. The molecule has 0 aromatic carbocycles. The van der Waals surface area contributed by atoms with Crippen molar-refractivity contribution in [3.8, 4) is 0 Å². The van der Waals surface area contributed by atoms with Crippen molar-refractivity contribution in [3.05, 3.63) is 0 Å². The number of β-amino-alcohol motifs (C(OH)–C–C–N with tert-alkyl or cyclic N) is 1. The molecule has 2 aliphatic heterocycles. The van der Waals surface area contributed by atoms with Crippen molar-refractivity contribution in [1.82, 2.24) is 15.1 Å². The molecule has 0 aliphatic carbocycles. The molecule has 0 bridgehead atoms. The highest BCUT2D eigenvalue weighted by atomic mass is 16.3. The molecule has 2 N–H and O–H groups in total. The summed E-state index contributed by atoms with van der Waals surface area (Å²) in [6, 6.07) is 0. The Hall–Kier alpha value is -0.160. The van der Waals surface area contributed by atoms with Crippen LogP contribution in [0.2, 0.25) is 0 Å². The van der Waals surface area contributed by atoms with Gasteiger partial charge in [0, 0.05) is 39.3 Å². The number of hydrogen-bond donors (Lipinski definition) is 2. The van der Waals surface area contributed by atoms with Crippen LogP contribution in [0.5, 0.6) is 0 Å². The van der Waals surface area contributed by atoms with E-state index in [0.717, 1.165) is 45.2 Å². The minimum absolute atomic E-state index is 0.184. The molecule has 2 rings (SSSR count). The first-order valence-electron chi connectivity index (χ1n) is 8.11. The Balaban J connectivity index is 1.67. The number of aliphatic hydroxyl groups is 1. The van der Waals surface area contributed by atoms with Crippen LogP contribution in [-0.4, -0.2) is 73.4 Å². The SMILES string of the molecule is CCC1CCCN(CC(O)CN2CCNCC2)CC1.